The van der Waals surface area contributed by atoms with Crippen molar-refractivity contribution in [3.63, 3.8) is 0 Å². The second kappa shape index (κ2) is 5.18. The number of rotatable bonds is 1. The van der Waals surface area contributed by atoms with Crippen LogP contribution in [-0.2, 0) is 4.79 Å². The van der Waals surface area contributed by atoms with E-state index < -0.39 is 0 Å². The van der Waals surface area contributed by atoms with Gasteiger partial charge in [0.1, 0.15) is 5.78 Å². The number of hydrogen-bond acceptors (Lipinski definition) is 2. The van der Waals surface area contributed by atoms with Gasteiger partial charge in [-0.25, -0.2) is 0 Å². The van der Waals surface area contributed by atoms with E-state index in [2.05, 4.69) is 38.9 Å². The quantitative estimate of drug-likeness (QED) is 0.666. The van der Waals surface area contributed by atoms with Gasteiger partial charge < -0.3 is 4.90 Å². The molecule has 2 nitrogen and oxygen atoms in total. The van der Waals surface area contributed by atoms with Gasteiger partial charge in [-0.3, -0.25) is 4.79 Å². The molecule has 0 bridgehead atoms. The Morgan fingerprint density at radius 2 is 1.87 bits per heavy atom. The van der Waals surface area contributed by atoms with E-state index in [0.717, 1.165) is 30.7 Å². The third-order valence-electron chi connectivity index (χ3n) is 8.48. The number of hydrogen-bond donors (Lipinski definition) is 0. The Balaban J connectivity index is 1.70. The number of carbonyl (C=O) groups excluding carboxylic acids is 1. The van der Waals surface area contributed by atoms with E-state index in [1.54, 1.807) is 0 Å². The summed E-state index contributed by atoms with van der Waals surface area (Å²) in [5, 5.41) is 0. The lowest BCUT2D eigenvalue weighted by molar-refractivity contribution is -0.136. The summed E-state index contributed by atoms with van der Waals surface area (Å²) in [6, 6.07) is 0.730. The molecule has 4 aliphatic carbocycles. The zero-order chi connectivity index (χ0) is 16.4. The molecular weight excluding hydrogens is 282 g/mol. The highest BCUT2D eigenvalue weighted by molar-refractivity contribution is 5.89. The third kappa shape index (κ3) is 2.00. The zero-order valence-electron chi connectivity index (χ0n) is 15.4. The molecule has 0 radical (unpaired) electrons. The minimum atomic E-state index is -0.112. The Morgan fingerprint density at radius 3 is 2.61 bits per heavy atom. The minimum absolute atomic E-state index is 0.112. The van der Waals surface area contributed by atoms with Crippen molar-refractivity contribution in [2.75, 3.05) is 14.1 Å². The number of Topliss-reactive ketones (excluding diaryl/α,β-unsaturated/α-hetero) is 1. The van der Waals surface area contributed by atoms with Crippen LogP contribution < -0.4 is 0 Å². The van der Waals surface area contributed by atoms with Crippen molar-refractivity contribution in [3.8, 4) is 0 Å². The van der Waals surface area contributed by atoms with Gasteiger partial charge in [0.05, 0.1) is 5.41 Å². The van der Waals surface area contributed by atoms with E-state index >= 15 is 0 Å². The molecule has 2 heteroatoms. The van der Waals surface area contributed by atoms with Gasteiger partial charge in [0.15, 0.2) is 0 Å². The van der Waals surface area contributed by atoms with Gasteiger partial charge in [-0.1, -0.05) is 18.6 Å². The summed E-state index contributed by atoms with van der Waals surface area (Å²) < 4.78 is 0. The lowest BCUT2D eigenvalue weighted by Gasteiger charge is -2.57. The lowest BCUT2D eigenvalue weighted by Crippen LogP contribution is -2.54. The largest absolute Gasteiger partial charge is 0.306 e. The van der Waals surface area contributed by atoms with E-state index in [1.165, 1.54) is 44.1 Å². The van der Waals surface area contributed by atoms with Crippen LogP contribution in [0, 0.1) is 28.6 Å². The fourth-order valence-corrected chi connectivity index (χ4v) is 7.33. The van der Waals surface area contributed by atoms with E-state index in [0.29, 0.717) is 17.1 Å². The summed E-state index contributed by atoms with van der Waals surface area (Å²) in [5.74, 6) is 2.73. The molecule has 128 valence electrons. The maximum Gasteiger partial charge on any atom is 0.143 e. The van der Waals surface area contributed by atoms with Gasteiger partial charge in [-0.15, -0.1) is 0 Å². The van der Waals surface area contributed by atoms with E-state index in [9.17, 15) is 4.79 Å². The highest BCUT2D eigenvalue weighted by Crippen LogP contribution is 2.64. The summed E-state index contributed by atoms with van der Waals surface area (Å²) in [7, 11) is 4.52. The first-order valence-corrected chi connectivity index (χ1v) is 9.78. The molecule has 0 aliphatic heterocycles. The van der Waals surface area contributed by atoms with Gasteiger partial charge in [0.25, 0.3) is 0 Å². The molecule has 0 N–H and O–H groups in total. The van der Waals surface area contributed by atoms with Crippen molar-refractivity contribution in [1.29, 1.82) is 0 Å². The number of allylic oxidation sites excluding steroid dienone is 2. The molecule has 4 aliphatic rings. The fraction of sp³-hybridized carbons (Fsp3) is 0.857. The van der Waals surface area contributed by atoms with Crippen molar-refractivity contribution < 1.29 is 4.79 Å². The maximum atomic E-state index is 12.9. The molecule has 0 aromatic heterocycles. The molecule has 0 heterocycles. The first-order valence-electron chi connectivity index (χ1n) is 9.78. The number of ketones is 1. The second-order valence-corrected chi connectivity index (χ2v) is 9.42. The van der Waals surface area contributed by atoms with Crippen LogP contribution in [0.3, 0.4) is 0 Å². The van der Waals surface area contributed by atoms with Crippen molar-refractivity contribution in [2.24, 2.45) is 28.6 Å². The molecule has 1 unspecified atom stereocenters. The zero-order valence-corrected chi connectivity index (χ0v) is 15.4. The predicted molar refractivity (Wildman–Crippen MR) is 94.2 cm³/mol. The Hall–Kier alpha value is -0.630. The predicted octanol–water partition coefficient (Wildman–Crippen LogP) is 4.45. The first-order chi connectivity index (χ1) is 10.9. The van der Waals surface area contributed by atoms with Gasteiger partial charge >= 0.3 is 0 Å². The molecule has 0 amide bonds. The highest BCUT2D eigenvalue weighted by Gasteiger charge is 2.60. The van der Waals surface area contributed by atoms with Gasteiger partial charge in [-0.05, 0) is 89.1 Å². The van der Waals surface area contributed by atoms with Gasteiger partial charge in [0.2, 0.25) is 0 Å². The van der Waals surface area contributed by atoms with Gasteiger partial charge in [0, 0.05) is 12.5 Å². The van der Waals surface area contributed by atoms with Crippen LogP contribution in [0.15, 0.2) is 11.6 Å². The average Bonchev–Trinajstić information content (AvgIpc) is 2.86. The lowest BCUT2D eigenvalue weighted by atomic mass is 9.47. The molecule has 0 spiro atoms. The second-order valence-electron chi connectivity index (χ2n) is 9.42. The van der Waals surface area contributed by atoms with Crippen LogP contribution in [0.4, 0.5) is 0 Å². The van der Waals surface area contributed by atoms with Crippen LogP contribution in [0.1, 0.15) is 65.2 Å². The third-order valence-corrected chi connectivity index (χ3v) is 8.48. The smallest absolute Gasteiger partial charge is 0.143 e. The minimum Gasteiger partial charge on any atom is -0.306 e. The molecule has 3 saturated carbocycles. The molecular formula is C21H33NO. The Morgan fingerprint density at radius 1 is 1.09 bits per heavy atom. The number of carbonyl (C=O) groups is 1. The number of nitrogens with zero attached hydrogens (tertiary/aromatic N) is 1. The maximum absolute atomic E-state index is 12.9. The molecule has 23 heavy (non-hydrogen) atoms. The molecule has 0 aromatic carbocycles. The van der Waals surface area contributed by atoms with Crippen LogP contribution in [0.5, 0.6) is 0 Å². The van der Waals surface area contributed by atoms with Crippen LogP contribution >= 0.6 is 0 Å². The fourth-order valence-electron chi connectivity index (χ4n) is 7.33. The van der Waals surface area contributed by atoms with Crippen molar-refractivity contribution in [3.05, 3.63) is 11.6 Å². The van der Waals surface area contributed by atoms with E-state index in [4.69, 9.17) is 0 Å². The number of fused-ring (bicyclic) bond motifs is 5. The van der Waals surface area contributed by atoms with Crippen molar-refractivity contribution in [2.45, 2.75) is 71.3 Å². The standard InChI is InChI=1S/C21H33NO/c1-20-13-12-17-15(16(20)10-11-18(20)22(3)4)9-8-14-6-5-7-19(23)21(14,17)2/h8,15-18H,5-7,9-13H2,1-4H3/t15-,16-,17+,18?,20-,21-/m0/s1. The molecule has 4 rings (SSSR count). The van der Waals surface area contributed by atoms with Crippen LogP contribution in [0.2, 0.25) is 0 Å². The normalized spacial score (nSPS) is 49.4. The van der Waals surface area contributed by atoms with Crippen LogP contribution in [-0.4, -0.2) is 30.8 Å². The topological polar surface area (TPSA) is 20.3 Å². The van der Waals surface area contributed by atoms with Crippen molar-refractivity contribution in [1.82, 2.24) is 4.90 Å². The SMILES string of the molecule is CN(C)C1CC[C@H]2[C@@H]3CC=C4CCCC(=O)[C@]4(C)[C@@H]3CC[C@]12C. The highest BCUT2D eigenvalue weighted by atomic mass is 16.1. The Bertz CT molecular complexity index is 550. The van der Waals surface area contributed by atoms with Gasteiger partial charge in [-0.2, -0.15) is 0 Å². The summed E-state index contributed by atoms with van der Waals surface area (Å²) in [4.78, 5) is 15.4. The molecule has 0 saturated heterocycles. The monoisotopic (exact) mass is 315 g/mol. The molecule has 0 aromatic rings. The summed E-state index contributed by atoms with van der Waals surface area (Å²) in [5.41, 5.74) is 1.85. The van der Waals surface area contributed by atoms with E-state index in [1.807, 2.05) is 0 Å². The van der Waals surface area contributed by atoms with Crippen molar-refractivity contribution >= 4 is 5.78 Å². The molecule has 3 fully saturated rings. The van der Waals surface area contributed by atoms with Crippen LogP contribution in [0.25, 0.3) is 0 Å². The first kappa shape index (κ1) is 15.9. The summed E-state index contributed by atoms with van der Waals surface area (Å²) in [6.07, 6.45) is 12.1. The average molecular weight is 316 g/mol. The van der Waals surface area contributed by atoms with E-state index in [-0.39, 0.29) is 5.41 Å². The Labute approximate surface area is 141 Å². The summed E-state index contributed by atoms with van der Waals surface area (Å²) in [6.45, 7) is 4.86. The summed E-state index contributed by atoms with van der Waals surface area (Å²) >= 11 is 0. The Kier molecular flexibility index (Phi) is 3.58. The molecule has 6 atom stereocenters.